The molecular weight excluding hydrogens is 528 g/mol. The minimum Gasteiger partial charge on any atom is -0.495 e. The number of nitrogens with two attached hydrogens (primary N) is 1. The van der Waals surface area contributed by atoms with Gasteiger partial charge < -0.3 is 20.3 Å². The molecule has 0 radical (unpaired) electrons. The number of methoxy groups -OCH3 is 1. The van der Waals surface area contributed by atoms with Gasteiger partial charge in [0.25, 0.3) is 0 Å². The van der Waals surface area contributed by atoms with E-state index in [4.69, 9.17) is 9.88 Å². The van der Waals surface area contributed by atoms with Gasteiger partial charge in [-0.15, -0.1) is 11.3 Å². The second kappa shape index (κ2) is 11.0. The highest BCUT2D eigenvalue weighted by molar-refractivity contribution is 7.89. The molecule has 2 saturated carbocycles. The molecule has 0 amide bonds. The van der Waals surface area contributed by atoms with E-state index in [1.54, 1.807) is 17.4 Å². The van der Waals surface area contributed by atoms with Crippen LogP contribution in [0.15, 0.2) is 41.3 Å². The lowest BCUT2D eigenvalue weighted by Gasteiger charge is -2.33. The van der Waals surface area contributed by atoms with Crippen LogP contribution in [0, 0.1) is 17.8 Å². The summed E-state index contributed by atoms with van der Waals surface area (Å²) in [5.41, 5.74) is 3.30. The highest BCUT2D eigenvalue weighted by Crippen LogP contribution is 2.42. The van der Waals surface area contributed by atoms with Crippen LogP contribution in [-0.2, 0) is 16.4 Å². The standard InChI is InChI=1S/C30H36N4O3S2/c1-37-28-19-23(39(31,35)36)11-12-26(28)32-15-3-6-29-25(18-20-7-8-20)24-4-2-5-27(30(24)38-29)33-21-13-16-34(17-14-21)22-9-10-22/h2,4-5,11-12,19-22,32-33H,7-10,13-18H2,1H3,(H2,31,35,36). The van der Waals surface area contributed by atoms with Crippen LogP contribution in [-0.4, -0.2) is 52.1 Å². The third kappa shape index (κ3) is 6.20. The van der Waals surface area contributed by atoms with E-state index in [9.17, 15) is 8.42 Å². The predicted molar refractivity (Wildman–Crippen MR) is 159 cm³/mol. The highest BCUT2D eigenvalue weighted by Gasteiger charge is 2.32. The molecule has 3 aliphatic rings. The van der Waals surface area contributed by atoms with Crippen LogP contribution in [0.1, 0.15) is 49.0 Å². The Morgan fingerprint density at radius 1 is 1.08 bits per heavy atom. The Morgan fingerprint density at radius 3 is 2.56 bits per heavy atom. The van der Waals surface area contributed by atoms with E-state index in [-0.39, 0.29) is 4.90 Å². The molecule has 206 valence electrons. The van der Waals surface area contributed by atoms with Gasteiger partial charge in [0.15, 0.2) is 0 Å². The Hall–Kier alpha value is -2.77. The maximum atomic E-state index is 11.7. The molecule has 1 aliphatic heterocycles. The number of thiophene rings is 1. The molecule has 6 rings (SSSR count). The largest absolute Gasteiger partial charge is 0.495 e. The molecule has 3 fully saturated rings. The molecule has 0 atom stereocenters. The minimum atomic E-state index is -3.79. The van der Waals surface area contributed by atoms with Crippen LogP contribution in [0.25, 0.3) is 10.1 Å². The van der Waals surface area contributed by atoms with Crippen LogP contribution in [0.2, 0.25) is 0 Å². The summed E-state index contributed by atoms with van der Waals surface area (Å²) in [6.45, 7) is 2.82. The molecule has 1 saturated heterocycles. The van der Waals surface area contributed by atoms with Gasteiger partial charge in [0.1, 0.15) is 5.75 Å². The van der Waals surface area contributed by atoms with Crippen molar-refractivity contribution in [3.05, 3.63) is 46.8 Å². The average Bonchev–Trinajstić information content (AvgIpc) is 3.86. The summed E-state index contributed by atoms with van der Waals surface area (Å²) in [4.78, 5) is 3.83. The van der Waals surface area contributed by atoms with Crippen molar-refractivity contribution >= 4 is 42.8 Å². The molecule has 39 heavy (non-hydrogen) atoms. The Kier molecular flexibility index (Phi) is 7.47. The van der Waals surface area contributed by atoms with Gasteiger partial charge in [-0.3, -0.25) is 0 Å². The van der Waals surface area contributed by atoms with Crippen LogP contribution < -0.4 is 20.5 Å². The maximum absolute atomic E-state index is 11.7. The molecular formula is C30H36N4O3S2. The van der Waals surface area contributed by atoms with Crippen LogP contribution in [0.5, 0.6) is 5.75 Å². The molecule has 0 bridgehead atoms. The van der Waals surface area contributed by atoms with E-state index in [0.29, 0.717) is 24.0 Å². The monoisotopic (exact) mass is 564 g/mol. The number of likely N-dealkylation sites (tertiary alicyclic amines) is 1. The number of ether oxygens (including phenoxy) is 1. The Labute approximate surface area is 235 Å². The summed E-state index contributed by atoms with van der Waals surface area (Å²) in [6, 6.07) is 12.6. The predicted octanol–water partition coefficient (Wildman–Crippen LogP) is 5.01. The number of nitrogens with one attached hydrogen (secondary N) is 2. The second-order valence-electron chi connectivity index (χ2n) is 11.0. The van der Waals surface area contributed by atoms with Crippen LogP contribution in [0.3, 0.4) is 0 Å². The zero-order chi connectivity index (χ0) is 27.0. The fourth-order valence-corrected chi connectivity index (χ4v) is 7.24. The van der Waals surface area contributed by atoms with Crippen molar-refractivity contribution in [3.8, 4) is 17.6 Å². The molecule has 1 aromatic heterocycles. The fraction of sp³-hybridized carbons (Fsp3) is 0.467. The summed E-state index contributed by atoms with van der Waals surface area (Å²) in [7, 11) is -2.29. The zero-order valence-electron chi connectivity index (χ0n) is 22.3. The normalized spacial score (nSPS) is 18.5. The van der Waals surface area contributed by atoms with Gasteiger partial charge in [-0.25, -0.2) is 13.6 Å². The number of nitrogens with zero attached hydrogens (tertiary/aromatic N) is 1. The van der Waals surface area contributed by atoms with E-state index in [0.717, 1.165) is 23.3 Å². The fourth-order valence-electron chi connectivity index (χ4n) is 5.53. The maximum Gasteiger partial charge on any atom is 0.238 e. The van der Waals surface area contributed by atoms with Crippen molar-refractivity contribution < 1.29 is 13.2 Å². The van der Waals surface area contributed by atoms with Crippen molar-refractivity contribution in [3.63, 3.8) is 0 Å². The lowest BCUT2D eigenvalue weighted by Crippen LogP contribution is -2.40. The van der Waals surface area contributed by atoms with Gasteiger partial charge in [0, 0.05) is 31.2 Å². The first-order chi connectivity index (χ1) is 18.9. The number of primary sulfonamides is 1. The molecule has 9 heteroatoms. The summed E-state index contributed by atoms with van der Waals surface area (Å²) in [5.74, 6) is 7.92. The van der Waals surface area contributed by atoms with Gasteiger partial charge >= 0.3 is 0 Å². The quantitative estimate of drug-likeness (QED) is 0.316. The number of sulfonamides is 1. The van der Waals surface area contributed by atoms with Crippen LogP contribution in [0.4, 0.5) is 11.4 Å². The Morgan fingerprint density at radius 2 is 1.87 bits per heavy atom. The van der Waals surface area contributed by atoms with Gasteiger partial charge in [-0.2, -0.15) is 0 Å². The van der Waals surface area contributed by atoms with Crippen molar-refractivity contribution in [2.45, 2.75) is 61.9 Å². The number of hydrogen-bond acceptors (Lipinski definition) is 7. The third-order valence-electron chi connectivity index (χ3n) is 8.03. The molecule has 2 aliphatic carbocycles. The minimum absolute atomic E-state index is 0.0175. The number of piperidine rings is 1. The second-order valence-corrected chi connectivity index (χ2v) is 13.6. The van der Waals surface area contributed by atoms with Gasteiger partial charge in [-0.05, 0) is 80.0 Å². The topological polar surface area (TPSA) is 96.7 Å². The van der Waals surface area contributed by atoms with Gasteiger partial charge in [0.05, 0.1) is 39.5 Å². The first kappa shape index (κ1) is 26.5. The summed E-state index contributed by atoms with van der Waals surface area (Å²) in [6.07, 6.45) is 8.86. The number of anilines is 2. The van der Waals surface area contributed by atoms with Gasteiger partial charge in [-0.1, -0.05) is 24.0 Å². The molecule has 2 aromatic carbocycles. The summed E-state index contributed by atoms with van der Waals surface area (Å²) >= 11 is 1.80. The van der Waals surface area contributed by atoms with Gasteiger partial charge in [0.2, 0.25) is 10.0 Å². The van der Waals surface area contributed by atoms with E-state index in [1.807, 2.05) is 0 Å². The highest BCUT2D eigenvalue weighted by atomic mass is 32.2. The lowest BCUT2D eigenvalue weighted by molar-refractivity contribution is 0.210. The van der Waals surface area contributed by atoms with Crippen LogP contribution >= 0.6 is 11.3 Å². The van der Waals surface area contributed by atoms with Crippen molar-refractivity contribution in [1.29, 1.82) is 0 Å². The van der Waals surface area contributed by atoms with E-state index >= 15 is 0 Å². The van der Waals surface area contributed by atoms with E-state index in [2.05, 4.69) is 45.6 Å². The smallest absolute Gasteiger partial charge is 0.238 e. The number of rotatable bonds is 9. The van der Waals surface area contributed by atoms with Crippen molar-refractivity contribution in [2.75, 3.05) is 37.4 Å². The molecule has 7 nitrogen and oxygen atoms in total. The van der Waals surface area contributed by atoms with E-state index in [1.165, 1.54) is 92.2 Å². The third-order valence-corrected chi connectivity index (χ3v) is 10.1. The van der Waals surface area contributed by atoms with Crippen molar-refractivity contribution in [1.82, 2.24) is 4.90 Å². The molecule has 2 heterocycles. The average molecular weight is 565 g/mol. The first-order valence-corrected chi connectivity index (χ1v) is 16.2. The molecule has 0 unspecified atom stereocenters. The molecule has 4 N–H and O–H groups in total. The lowest BCUT2D eigenvalue weighted by atomic mass is 10.0. The van der Waals surface area contributed by atoms with Crippen molar-refractivity contribution in [2.24, 2.45) is 11.1 Å². The number of fused-ring (bicyclic) bond motifs is 1. The SMILES string of the molecule is COc1cc(S(N)(=O)=O)ccc1NCC#Cc1sc2c(NC3CCN(C4CC4)CC3)cccc2c1CC1CC1. The zero-order valence-corrected chi connectivity index (χ0v) is 24.0. The van der Waals surface area contributed by atoms with E-state index < -0.39 is 10.0 Å². The Bertz CT molecular complexity index is 1520. The number of benzene rings is 2. The molecule has 3 aromatic rings. The first-order valence-electron chi connectivity index (χ1n) is 13.9. The Balaban J connectivity index is 1.19. The summed E-state index contributed by atoms with van der Waals surface area (Å²) in [5, 5.41) is 13.7. The number of hydrogen-bond donors (Lipinski definition) is 3. The molecule has 0 spiro atoms. The summed E-state index contributed by atoms with van der Waals surface area (Å²) < 4.78 is 30.0.